The van der Waals surface area contributed by atoms with Crippen molar-refractivity contribution in [1.29, 1.82) is 0 Å². The maximum atomic E-state index is 5.41. The first kappa shape index (κ1) is 14.4. The van der Waals surface area contributed by atoms with Crippen LogP contribution in [0.15, 0.2) is 0 Å². The third-order valence-electron chi connectivity index (χ3n) is 1.61. The molecule has 2 unspecified atom stereocenters. The van der Waals surface area contributed by atoms with Gasteiger partial charge in [0.05, 0.1) is 0 Å². The minimum atomic E-state index is 0.347. The molecule has 0 aromatic carbocycles. The van der Waals surface area contributed by atoms with E-state index in [2.05, 4.69) is 50.5 Å². The monoisotopic (exact) mass is 258 g/mol. The summed E-state index contributed by atoms with van der Waals surface area (Å²) in [4.78, 5) is 0. The molecule has 5 heteroatoms. The quantitative estimate of drug-likeness (QED) is 0.386. The fraction of sp³-hybridized carbons (Fsp3) is 1.00. The fourth-order valence-electron chi connectivity index (χ4n) is 0.723. The number of hydrogen-bond acceptors (Lipinski definition) is 5. The van der Waals surface area contributed by atoms with Crippen molar-refractivity contribution in [2.24, 2.45) is 0 Å². The summed E-state index contributed by atoms with van der Waals surface area (Å²) in [6, 6.07) is 0. The van der Waals surface area contributed by atoms with Crippen LogP contribution in [0.5, 0.6) is 0 Å². The Morgan fingerprint density at radius 3 is 1.54 bits per heavy atom. The smallest absolute Gasteiger partial charge is 0.0476 e. The summed E-state index contributed by atoms with van der Waals surface area (Å²) in [6.07, 6.45) is 1.93. The Labute approximate surface area is 103 Å². The van der Waals surface area contributed by atoms with Crippen LogP contribution in [0.4, 0.5) is 0 Å². The Morgan fingerprint density at radius 1 is 0.846 bits per heavy atom. The average Bonchev–Trinajstić information content (AvgIpc) is 2.16. The molecule has 80 valence electrons. The summed E-state index contributed by atoms with van der Waals surface area (Å²) < 4.78 is 5.41. The van der Waals surface area contributed by atoms with Gasteiger partial charge in [0.25, 0.3) is 0 Å². The Hall–Kier alpha value is 1.36. The molecule has 0 aliphatic heterocycles. The van der Waals surface area contributed by atoms with Crippen molar-refractivity contribution >= 4 is 50.5 Å². The Kier molecular flexibility index (Phi) is 10.9. The van der Waals surface area contributed by atoms with Gasteiger partial charge in [-0.15, -0.1) is 0 Å². The molecular weight excluding hydrogens is 240 g/mol. The van der Waals surface area contributed by atoms with Crippen LogP contribution >= 0.6 is 50.5 Å². The standard InChI is InChI=1S/C8H18OS4/c10-5-7(12)1-3-9-4-2-8(13)6-11/h7-8,10-13H,1-6H2. The number of rotatable bonds is 8. The maximum absolute atomic E-state index is 5.41. The van der Waals surface area contributed by atoms with Crippen LogP contribution in [0.25, 0.3) is 0 Å². The zero-order chi connectivity index (χ0) is 10.1. The number of hydrogen-bond donors (Lipinski definition) is 4. The lowest BCUT2D eigenvalue weighted by Gasteiger charge is -2.09. The molecule has 0 heterocycles. The van der Waals surface area contributed by atoms with Gasteiger partial charge in [-0.3, -0.25) is 0 Å². The predicted molar refractivity (Wildman–Crippen MR) is 73.3 cm³/mol. The van der Waals surface area contributed by atoms with Crippen LogP contribution in [-0.4, -0.2) is 35.2 Å². The van der Waals surface area contributed by atoms with Gasteiger partial charge in [0.1, 0.15) is 0 Å². The second-order valence-corrected chi connectivity index (χ2v) is 5.05. The highest BCUT2D eigenvalue weighted by atomic mass is 32.1. The summed E-state index contributed by atoms with van der Waals surface area (Å²) >= 11 is 16.9. The molecule has 0 saturated carbocycles. The average molecular weight is 258 g/mol. The molecule has 0 radical (unpaired) electrons. The summed E-state index contributed by atoms with van der Waals surface area (Å²) in [5.41, 5.74) is 0. The van der Waals surface area contributed by atoms with Gasteiger partial charge < -0.3 is 4.74 Å². The molecule has 0 aromatic heterocycles. The van der Waals surface area contributed by atoms with Gasteiger partial charge in [0, 0.05) is 35.2 Å². The van der Waals surface area contributed by atoms with Crippen molar-refractivity contribution in [2.75, 3.05) is 24.7 Å². The zero-order valence-electron chi connectivity index (χ0n) is 7.59. The van der Waals surface area contributed by atoms with Crippen LogP contribution in [0.2, 0.25) is 0 Å². The third kappa shape index (κ3) is 9.66. The van der Waals surface area contributed by atoms with Crippen molar-refractivity contribution in [2.45, 2.75) is 23.3 Å². The van der Waals surface area contributed by atoms with E-state index in [4.69, 9.17) is 4.74 Å². The van der Waals surface area contributed by atoms with Crippen LogP contribution in [0.1, 0.15) is 12.8 Å². The van der Waals surface area contributed by atoms with E-state index in [1.807, 2.05) is 0 Å². The topological polar surface area (TPSA) is 9.23 Å². The minimum absolute atomic E-state index is 0.347. The van der Waals surface area contributed by atoms with Crippen LogP contribution < -0.4 is 0 Å². The Morgan fingerprint density at radius 2 is 1.23 bits per heavy atom. The first-order valence-electron chi connectivity index (χ1n) is 4.36. The molecular formula is C8H18OS4. The molecule has 0 fully saturated rings. The van der Waals surface area contributed by atoms with Crippen LogP contribution in [0.3, 0.4) is 0 Å². The lowest BCUT2D eigenvalue weighted by atomic mass is 10.3. The third-order valence-corrected chi connectivity index (χ3v) is 3.95. The molecule has 0 spiro atoms. The first-order chi connectivity index (χ1) is 6.20. The van der Waals surface area contributed by atoms with Crippen LogP contribution in [-0.2, 0) is 4.74 Å². The normalized spacial score (nSPS) is 15.7. The number of thiol groups is 4. The second kappa shape index (κ2) is 9.90. The van der Waals surface area contributed by atoms with E-state index in [1.165, 1.54) is 0 Å². The van der Waals surface area contributed by atoms with E-state index in [0.29, 0.717) is 10.5 Å². The Bertz CT molecular complexity index is 100. The molecule has 0 bridgehead atoms. The molecule has 0 saturated heterocycles. The lowest BCUT2D eigenvalue weighted by molar-refractivity contribution is 0.130. The SMILES string of the molecule is SCC(S)CCOCCC(S)CS. The summed E-state index contributed by atoms with van der Waals surface area (Å²) in [5.74, 6) is 1.61. The molecule has 2 atom stereocenters. The van der Waals surface area contributed by atoms with Crippen molar-refractivity contribution in [3.8, 4) is 0 Å². The van der Waals surface area contributed by atoms with Crippen molar-refractivity contribution in [3.63, 3.8) is 0 Å². The molecule has 0 amide bonds. The highest BCUT2D eigenvalue weighted by molar-refractivity contribution is 7.85. The lowest BCUT2D eigenvalue weighted by Crippen LogP contribution is -2.10. The van der Waals surface area contributed by atoms with Gasteiger partial charge in [-0.2, -0.15) is 50.5 Å². The zero-order valence-corrected chi connectivity index (χ0v) is 11.2. The summed E-state index contributed by atoms with van der Waals surface area (Å²) in [5, 5.41) is 0.694. The van der Waals surface area contributed by atoms with Crippen LogP contribution in [0, 0.1) is 0 Å². The van der Waals surface area contributed by atoms with E-state index in [0.717, 1.165) is 37.6 Å². The van der Waals surface area contributed by atoms with Gasteiger partial charge in [0.2, 0.25) is 0 Å². The van der Waals surface area contributed by atoms with E-state index >= 15 is 0 Å². The highest BCUT2D eigenvalue weighted by Gasteiger charge is 2.01. The molecule has 0 aliphatic rings. The van der Waals surface area contributed by atoms with Gasteiger partial charge in [-0.25, -0.2) is 0 Å². The van der Waals surface area contributed by atoms with Gasteiger partial charge >= 0.3 is 0 Å². The van der Waals surface area contributed by atoms with E-state index in [-0.39, 0.29) is 0 Å². The molecule has 0 N–H and O–H groups in total. The maximum Gasteiger partial charge on any atom is 0.0476 e. The molecule has 13 heavy (non-hydrogen) atoms. The Balaban J connectivity index is 3.08. The van der Waals surface area contributed by atoms with Crippen molar-refractivity contribution in [1.82, 2.24) is 0 Å². The molecule has 1 nitrogen and oxygen atoms in total. The largest absolute Gasteiger partial charge is 0.381 e. The van der Waals surface area contributed by atoms with Crippen molar-refractivity contribution < 1.29 is 4.74 Å². The minimum Gasteiger partial charge on any atom is -0.381 e. The highest BCUT2D eigenvalue weighted by Crippen LogP contribution is 2.05. The fourth-order valence-corrected chi connectivity index (χ4v) is 1.30. The van der Waals surface area contributed by atoms with E-state index in [9.17, 15) is 0 Å². The van der Waals surface area contributed by atoms with Crippen molar-refractivity contribution in [3.05, 3.63) is 0 Å². The second-order valence-electron chi connectivity index (χ2n) is 2.86. The first-order valence-corrected chi connectivity index (χ1v) is 6.66. The molecule has 0 aliphatic carbocycles. The molecule has 0 aromatic rings. The van der Waals surface area contributed by atoms with Gasteiger partial charge in [0.15, 0.2) is 0 Å². The van der Waals surface area contributed by atoms with Gasteiger partial charge in [-0.1, -0.05) is 0 Å². The summed E-state index contributed by atoms with van der Waals surface area (Å²) in [7, 11) is 0. The number of ether oxygens (including phenoxy) is 1. The van der Waals surface area contributed by atoms with Gasteiger partial charge in [-0.05, 0) is 12.8 Å². The predicted octanol–water partition coefficient (Wildman–Crippen LogP) is 2.24. The van der Waals surface area contributed by atoms with E-state index in [1.54, 1.807) is 0 Å². The molecule has 0 rings (SSSR count). The van der Waals surface area contributed by atoms with E-state index < -0.39 is 0 Å². The summed E-state index contributed by atoms with van der Waals surface area (Å²) in [6.45, 7) is 1.53.